The molecule has 294 valence electrons. The SMILES string of the molecule is CCCCCC1(C[C@H](O)CN(Cc2ccccc2)C[C@@H](O)CC2(CCCCC)c3ccccc3CCc3ccccc32)c2ccccc2CCc2ccccc21. The van der Waals surface area contributed by atoms with Crippen molar-refractivity contribution >= 4 is 0 Å². The van der Waals surface area contributed by atoms with Gasteiger partial charge >= 0.3 is 0 Å². The molecule has 0 aromatic heterocycles. The van der Waals surface area contributed by atoms with Gasteiger partial charge in [-0.2, -0.15) is 0 Å². The van der Waals surface area contributed by atoms with Crippen LogP contribution in [0.25, 0.3) is 0 Å². The van der Waals surface area contributed by atoms with E-state index in [1.165, 1.54) is 75.8 Å². The van der Waals surface area contributed by atoms with E-state index in [-0.39, 0.29) is 10.8 Å². The van der Waals surface area contributed by atoms with Gasteiger partial charge in [-0.15, -0.1) is 0 Å². The van der Waals surface area contributed by atoms with Crippen LogP contribution in [-0.2, 0) is 43.1 Å². The zero-order valence-electron chi connectivity index (χ0n) is 34.1. The summed E-state index contributed by atoms with van der Waals surface area (Å²) >= 11 is 0. The predicted molar refractivity (Wildman–Crippen MR) is 233 cm³/mol. The van der Waals surface area contributed by atoms with Crippen molar-refractivity contribution < 1.29 is 10.2 Å². The monoisotopic (exact) mass is 748 g/mol. The second-order valence-corrected chi connectivity index (χ2v) is 17.1. The van der Waals surface area contributed by atoms with E-state index in [0.29, 0.717) is 32.5 Å². The van der Waals surface area contributed by atoms with Gasteiger partial charge in [0.15, 0.2) is 0 Å². The van der Waals surface area contributed by atoms with E-state index in [4.69, 9.17) is 0 Å². The number of fused-ring (bicyclic) bond motifs is 4. The second kappa shape index (κ2) is 18.9. The van der Waals surface area contributed by atoms with Crippen LogP contribution in [-0.4, -0.2) is 40.4 Å². The van der Waals surface area contributed by atoms with Crippen LogP contribution in [0.1, 0.15) is 128 Å². The predicted octanol–water partition coefficient (Wildman–Crippen LogP) is 11.3. The molecule has 2 aliphatic rings. The summed E-state index contributed by atoms with van der Waals surface area (Å²) in [6.45, 7) is 6.25. The van der Waals surface area contributed by atoms with E-state index < -0.39 is 12.2 Å². The summed E-state index contributed by atoms with van der Waals surface area (Å²) < 4.78 is 0. The molecule has 0 aliphatic heterocycles. The molecule has 56 heavy (non-hydrogen) atoms. The summed E-state index contributed by atoms with van der Waals surface area (Å²) in [6.07, 6.45) is 13.3. The van der Waals surface area contributed by atoms with Crippen molar-refractivity contribution in [1.82, 2.24) is 4.90 Å². The smallest absolute Gasteiger partial charge is 0.0679 e. The van der Waals surface area contributed by atoms with Crippen LogP contribution >= 0.6 is 0 Å². The lowest BCUT2D eigenvalue weighted by Crippen LogP contribution is -2.43. The first-order valence-electron chi connectivity index (χ1n) is 21.9. The van der Waals surface area contributed by atoms with Gasteiger partial charge in [-0.05, 0) is 101 Å². The molecule has 3 nitrogen and oxygen atoms in total. The van der Waals surface area contributed by atoms with Gasteiger partial charge in [0.25, 0.3) is 0 Å². The van der Waals surface area contributed by atoms with Crippen molar-refractivity contribution in [3.63, 3.8) is 0 Å². The molecule has 5 aromatic carbocycles. The van der Waals surface area contributed by atoms with E-state index in [1.54, 1.807) is 0 Å². The van der Waals surface area contributed by atoms with Crippen molar-refractivity contribution in [1.29, 1.82) is 0 Å². The lowest BCUT2D eigenvalue weighted by atomic mass is 9.66. The van der Waals surface area contributed by atoms with E-state index in [0.717, 1.165) is 51.4 Å². The van der Waals surface area contributed by atoms with Crippen LogP contribution in [0, 0.1) is 0 Å². The van der Waals surface area contributed by atoms with Crippen LogP contribution in [0.4, 0.5) is 0 Å². The average Bonchev–Trinajstić information content (AvgIpc) is 3.44. The Balaban J connectivity index is 1.22. The molecule has 0 saturated carbocycles. The fraction of sp³-hybridized carbons (Fsp3) is 0.434. The van der Waals surface area contributed by atoms with Crippen molar-refractivity contribution in [3.8, 4) is 0 Å². The van der Waals surface area contributed by atoms with E-state index in [1.807, 2.05) is 0 Å². The number of nitrogens with zero attached hydrogens (tertiary/aromatic N) is 1. The van der Waals surface area contributed by atoms with E-state index in [9.17, 15) is 10.2 Å². The number of aryl methyl sites for hydroxylation is 4. The van der Waals surface area contributed by atoms with Crippen LogP contribution in [0.3, 0.4) is 0 Å². The molecular formula is C53H65NO2. The van der Waals surface area contributed by atoms with Gasteiger partial charge in [-0.1, -0.05) is 180 Å². The number of unbranched alkanes of at least 4 members (excludes halogenated alkanes) is 4. The Morgan fingerprint density at radius 2 is 0.804 bits per heavy atom. The van der Waals surface area contributed by atoms with Gasteiger partial charge in [-0.25, -0.2) is 0 Å². The summed E-state index contributed by atoms with van der Waals surface area (Å²) in [5, 5.41) is 25.0. The molecule has 2 aliphatic carbocycles. The maximum atomic E-state index is 12.5. The van der Waals surface area contributed by atoms with Gasteiger partial charge in [0, 0.05) is 30.5 Å². The minimum atomic E-state index is -0.579. The molecule has 3 heteroatoms. The number of hydrogen-bond donors (Lipinski definition) is 2. The molecule has 0 amide bonds. The highest BCUT2D eigenvalue weighted by molar-refractivity contribution is 5.51. The second-order valence-electron chi connectivity index (χ2n) is 17.1. The molecule has 0 fully saturated rings. The maximum Gasteiger partial charge on any atom is 0.0679 e. The molecule has 5 aromatic rings. The molecule has 0 spiro atoms. The molecule has 7 rings (SSSR count). The summed E-state index contributed by atoms with van der Waals surface area (Å²) in [7, 11) is 0. The first-order valence-corrected chi connectivity index (χ1v) is 21.9. The largest absolute Gasteiger partial charge is 0.392 e. The number of rotatable bonds is 18. The van der Waals surface area contributed by atoms with Gasteiger partial charge < -0.3 is 10.2 Å². The lowest BCUT2D eigenvalue weighted by Gasteiger charge is -2.41. The van der Waals surface area contributed by atoms with Crippen molar-refractivity contribution in [2.45, 2.75) is 133 Å². The molecular weight excluding hydrogens is 683 g/mol. The normalized spacial score (nSPS) is 16.4. The number of hydrogen-bond acceptors (Lipinski definition) is 3. The lowest BCUT2D eigenvalue weighted by molar-refractivity contribution is 0.0430. The Morgan fingerprint density at radius 1 is 0.464 bits per heavy atom. The summed E-state index contributed by atoms with van der Waals surface area (Å²) in [4.78, 5) is 2.35. The molecule has 2 N–H and O–H groups in total. The zero-order chi connectivity index (χ0) is 38.8. The number of benzene rings is 5. The third kappa shape index (κ3) is 8.91. The zero-order valence-corrected chi connectivity index (χ0v) is 34.1. The first kappa shape index (κ1) is 40.2. The van der Waals surface area contributed by atoms with Gasteiger partial charge in [0.1, 0.15) is 0 Å². The quantitative estimate of drug-likeness (QED) is 0.0877. The fourth-order valence-corrected chi connectivity index (χ4v) is 10.8. The third-order valence-corrected chi connectivity index (χ3v) is 13.2. The average molecular weight is 748 g/mol. The minimum Gasteiger partial charge on any atom is -0.392 e. The summed E-state index contributed by atoms with van der Waals surface area (Å²) in [6, 6.07) is 46.9. The summed E-state index contributed by atoms with van der Waals surface area (Å²) in [5.74, 6) is 0. The van der Waals surface area contributed by atoms with Crippen LogP contribution in [0.2, 0.25) is 0 Å². The van der Waals surface area contributed by atoms with Crippen molar-refractivity contribution in [2.75, 3.05) is 13.1 Å². The first-order chi connectivity index (χ1) is 27.5. The van der Waals surface area contributed by atoms with Crippen LogP contribution < -0.4 is 0 Å². The maximum absolute atomic E-state index is 12.5. The fourth-order valence-electron chi connectivity index (χ4n) is 10.8. The Morgan fingerprint density at radius 3 is 1.16 bits per heavy atom. The van der Waals surface area contributed by atoms with E-state index in [2.05, 4.69) is 146 Å². The Bertz CT molecular complexity index is 1770. The standard InChI is InChI=1S/C53H65NO2/c1-3-5-18-34-52(48-26-14-10-22-42(48)30-31-43-23-11-15-27-49(43)52)36-46(55)39-54(38-41-20-8-7-9-21-41)40-47(56)37-53(35-19-6-4-2)50-28-16-12-24-44(50)32-33-45-25-13-17-29-51(45)53/h7-17,20-29,46-47,55-56H,3-6,18-19,30-40H2,1-2H3/t46-,47-/m0/s1. The molecule has 0 heterocycles. The molecule has 2 atom stereocenters. The highest BCUT2D eigenvalue weighted by Gasteiger charge is 2.42. The number of aliphatic hydroxyl groups excluding tert-OH is 2. The van der Waals surface area contributed by atoms with Gasteiger partial charge in [0.2, 0.25) is 0 Å². The van der Waals surface area contributed by atoms with Gasteiger partial charge in [0.05, 0.1) is 12.2 Å². The number of aliphatic hydroxyl groups is 2. The third-order valence-electron chi connectivity index (χ3n) is 13.2. The minimum absolute atomic E-state index is 0.271. The Kier molecular flexibility index (Phi) is 13.6. The van der Waals surface area contributed by atoms with Crippen molar-refractivity contribution in [2.24, 2.45) is 0 Å². The molecule has 0 bridgehead atoms. The molecule has 0 saturated heterocycles. The highest BCUT2D eigenvalue weighted by Crippen LogP contribution is 2.48. The topological polar surface area (TPSA) is 43.7 Å². The highest BCUT2D eigenvalue weighted by atomic mass is 16.3. The molecule has 0 radical (unpaired) electrons. The molecule has 0 unspecified atom stereocenters. The van der Waals surface area contributed by atoms with Gasteiger partial charge in [-0.3, -0.25) is 4.90 Å². The van der Waals surface area contributed by atoms with E-state index >= 15 is 0 Å². The van der Waals surface area contributed by atoms with Crippen molar-refractivity contribution in [3.05, 3.63) is 177 Å². The van der Waals surface area contributed by atoms with Crippen LogP contribution in [0.15, 0.2) is 127 Å². The van der Waals surface area contributed by atoms with Crippen LogP contribution in [0.5, 0.6) is 0 Å². The Hall–Kier alpha value is -4.02. The summed E-state index contributed by atoms with van der Waals surface area (Å²) in [5.41, 5.74) is 11.9. The Labute approximate surface area is 337 Å².